The van der Waals surface area contributed by atoms with E-state index in [1.165, 1.54) is 12.8 Å². The van der Waals surface area contributed by atoms with E-state index in [0.717, 1.165) is 17.7 Å². The molecule has 31 heavy (non-hydrogen) atoms. The van der Waals surface area contributed by atoms with Gasteiger partial charge in [0.15, 0.2) is 5.69 Å². The SMILES string of the molecule is Nc1ccc(C(NCC2CC2)c2cccc(NC(=O)c3cc(C(F)(F)F)[nH]n3)c2)cc1. The predicted octanol–water partition coefficient (Wildman–Crippen LogP) is 4.35. The second kappa shape index (κ2) is 8.43. The molecule has 0 bridgehead atoms. The van der Waals surface area contributed by atoms with Gasteiger partial charge in [0, 0.05) is 17.4 Å². The van der Waals surface area contributed by atoms with Crippen LogP contribution >= 0.6 is 0 Å². The van der Waals surface area contributed by atoms with Crippen molar-refractivity contribution in [2.75, 3.05) is 17.6 Å². The number of hydrogen-bond donors (Lipinski definition) is 4. The third-order valence-corrected chi connectivity index (χ3v) is 5.17. The molecule has 1 aliphatic rings. The molecule has 1 saturated carbocycles. The van der Waals surface area contributed by atoms with Crippen LogP contribution in [-0.4, -0.2) is 22.6 Å². The van der Waals surface area contributed by atoms with Crippen LogP contribution in [0.25, 0.3) is 0 Å². The average molecular weight is 429 g/mol. The average Bonchev–Trinajstić information content (AvgIpc) is 3.40. The van der Waals surface area contributed by atoms with E-state index >= 15 is 0 Å². The Balaban J connectivity index is 1.54. The van der Waals surface area contributed by atoms with E-state index in [-0.39, 0.29) is 11.7 Å². The molecule has 5 N–H and O–H groups in total. The number of nitrogens with one attached hydrogen (secondary N) is 3. The topological polar surface area (TPSA) is 95.8 Å². The highest BCUT2D eigenvalue weighted by Crippen LogP contribution is 2.31. The quantitative estimate of drug-likeness (QED) is 0.420. The summed E-state index contributed by atoms with van der Waals surface area (Å²) in [5.41, 5.74) is 7.49. The van der Waals surface area contributed by atoms with E-state index in [2.05, 4.69) is 15.7 Å². The zero-order valence-corrected chi connectivity index (χ0v) is 16.5. The molecule has 4 rings (SSSR count). The van der Waals surface area contributed by atoms with Crippen molar-refractivity contribution >= 4 is 17.3 Å². The lowest BCUT2D eigenvalue weighted by Gasteiger charge is -2.21. The van der Waals surface area contributed by atoms with Crippen molar-refractivity contribution in [2.24, 2.45) is 5.92 Å². The number of aromatic amines is 1. The number of aromatic nitrogens is 2. The monoisotopic (exact) mass is 429 g/mol. The molecule has 9 heteroatoms. The largest absolute Gasteiger partial charge is 0.432 e. The molecule has 0 spiro atoms. The number of hydrogen-bond acceptors (Lipinski definition) is 4. The Morgan fingerprint density at radius 1 is 1.13 bits per heavy atom. The number of rotatable bonds is 7. The van der Waals surface area contributed by atoms with Crippen LogP contribution in [0.15, 0.2) is 54.6 Å². The molecule has 0 aliphatic heterocycles. The standard InChI is InChI=1S/C22H22F3N5O/c23-22(24,25)19-11-18(29-30-19)21(31)28-17-3-1-2-15(10-17)20(27-12-13-4-5-13)14-6-8-16(26)9-7-14/h1-3,6-11,13,20,27H,4-5,12,26H2,(H,28,31)(H,29,30). The fraction of sp³-hybridized carbons (Fsp3) is 0.273. The predicted molar refractivity (Wildman–Crippen MR) is 111 cm³/mol. The normalized spacial score (nSPS) is 14.9. The molecule has 1 fully saturated rings. The van der Waals surface area contributed by atoms with Crippen LogP contribution in [0.5, 0.6) is 0 Å². The number of anilines is 2. The summed E-state index contributed by atoms with van der Waals surface area (Å²) in [6.07, 6.45) is -2.17. The van der Waals surface area contributed by atoms with Crippen molar-refractivity contribution in [3.8, 4) is 0 Å². The molecule has 162 valence electrons. The minimum atomic E-state index is -4.59. The Labute approximate surface area is 177 Å². The molecular formula is C22H22F3N5O. The van der Waals surface area contributed by atoms with Crippen LogP contribution in [0.1, 0.15) is 46.2 Å². The van der Waals surface area contributed by atoms with Gasteiger partial charge in [0.25, 0.3) is 5.91 Å². The zero-order chi connectivity index (χ0) is 22.0. The molecular weight excluding hydrogens is 407 g/mol. The molecule has 1 atom stereocenters. The van der Waals surface area contributed by atoms with E-state index in [0.29, 0.717) is 23.4 Å². The number of carbonyl (C=O) groups is 1. The van der Waals surface area contributed by atoms with E-state index in [1.807, 2.05) is 35.4 Å². The minimum absolute atomic E-state index is 0.111. The number of benzene rings is 2. The third-order valence-electron chi connectivity index (χ3n) is 5.17. The number of nitrogens with zero attached hydrogens (tertiary/aromatic N) is 1. The molecule has 1 heterocycles. The highest BCUT2D eigenvalue weighted by atomic mass is 19.4. The molecule has 1 aromatic heterocycles. The highest BCUT2D eigenvalue weighted by molar-refractivity contribution is 6.02. The number of carbonyl (C=O) groups excluding carboxylic acids is 1. The van der Waals surface area contributed by atoms with Gasteiger partial charge in [-0.2, -0.15) is 18.3 Å². The maximum Gasteiger partial charge on any atom is 0.432 e. The molecule has 1 amide bonds. The lowest BCUT2D eigenvalue weighted by molar-refractivity contribution is -0.141. The summed E-state index contributed by atoms with van der Waals surface area (Å²) in [4.78, 5) is 12.4. The molecule has 0 saturated heterocycles. The summed E-state index contributed by atoms with van der Waals surface area (Å²) in [5, 5.41) is 11.5. The minimum Gasteiger partial charge on any atom is -0.399 e. The number of nitrogen functional groups attached to an aromatic ring is 1. The van der Waals surface area contributed by atoms with Crippen molar-refractivity contribution in [3.63, 3.8) is 0 Å². The molecule has 0 radical (unpaired) electrons. The maximum absolute atomic E-state index is 12.7. The Morgan fingerprint density at radius 2 is 1.87 bits per heavy atom. The smallest absolute Gasteiger partial charge is 0.399 e. The van der Waals surface area contributed by atoms with Crippen LogP contribution in [0.4, 0.5) is 24.5 Å². The van der Waals surface area contributed by atoms with E-state index in [4.69, 9.17) is 5.73 Å². The van der Waals surface area contributed by atoms with Crippen molar-refractivity contribution in [3.05, 3.63) is 77.1 Å². The number of H-pyrrole nitrogens is 1. The fourth-order valence-electron chi connectivity index (χ4n) is 3.30. The van der Waals surface area contributed by atoms with Crippen molar-refractivity contribution in [1.29, 1.82) is 0 Å². The number of halogens is 3. The van der Waals surface area contributed by atoms with Gasteiger partial charge >= 0.3 is 6.18 Å². The lowest BCUT2D eigenvalue weighted by Crippen LogP contribution is -2.25. The fourth-order valence-corrected chi connectivity index (χ4v) is 3.30. The van der Waals surface area contributed by atoms with Crippen molar-refractivity contribution in [1.82, 2.24) is 15.5 Å². The molecule has 6 nitrogen and oxygen atoms in total. The van der Waals surface area contributed by atoms with Crippen LogP contribution in [0.2, 0.25) is 0 Å². The zero-order valence-electron chi connectivity index (χ0n) is 16.5. The van der Waals surface area contributed by atoms with Gasteiger partial charge in [-0.15, -0.1) is 0 Å². The van der Waals surface area contributed by atoms with Gasteiger partial charge in [-0.25, -0.2) is 0 Å². The van der Waals surface area contributed by atoms with E-state index in [9.17, 15) is 18.0 Å². The van der Waals surface area contributed by atoms with E-state index < -0.39 is 17.8 Å². The van der Waals surface area contributed by atoms with Gasteiger partial charge in [-0.05, 0) is 60.7 Å². The summed E-state index contributed by atoms with van der Waals surface area (Å²) in [6, 6.07) is 15.4. The third kappa shape index (κ3) is 5.24. The van der Waals surface area contributed by atoms with Gasteiger partial charge in [0.2, 0.25) is 0 Å². The second-order valence-corrected chi connectivity index (χ2v) is 7.70. The first kappa shape index (κ1) is 20.9. The maximum atomic E-state index is 12.7. The second-order valence-electron chi connectivity index (χ2n) is 7.70. The van der Waals surface area contributed by atoms with Crippen molar-refractivity contribution in [2.45, 2.75) is 25.1 Å². The lowest BCUT2D eigenvalue weighted by atomic mass is 9.97. The molecule has 3 aromatic rings. The first-order chi connectivity index (χ1) is 14.8. The first-order valence-corrected chi connectivity index (χ1v) is 9.92. The van der Waals surface area contributed by atoms with Gasteiger partial charge in [0.05, 0.1) is 6.04 Å². The number of nitrogens with two attached hydrogens (primary N) is 1. The van der Waals surface area contributed by atoms with Crippen LogP contribution in [-0.2, 0) is 6.18 Å². The van der Waals surface area contributed by atoms with Crippen LogP contribution < -0.4 is 16.4 Å². The number of amides is 1. The summed E-state index contributed by atoms with van der Waals surface area (Å²) in [5.74, 6) is -0.0551. The van der Waals surface area contributed by atoms with Gasteiger partial charge in [0.1, 0.15) is 5.69 Å². The molecule has 1 unspecified atom stereocenters. The molecule has 1 aliphatic carbocycles. The summed E-state index contributed by atoms with van der Waals surface area (Å²) < 4.78 is 38.2. The first-order valence-electron chi connectivity index (χ1n) is 9.92. The Hall–Kier alpha value is -3.33. The highest BCUT2D eigenvalue weighted by Gasteiger charge is 2.33. The Kier molecular flexibility index (Phi) is 5.69. The summed E-state index contributed by atoms with van der Waals surface area (Å²) in [6.45, 7) is 0.874. The van der Waals surface area contributed by atoms with Gasteiger partial charge in [-0.3, -0.25) is 9.89 Å². The Morgan fingerprint density at radius 3 is 2.52 bits per heavy atom. The Bertz CT molecular complexity index is 1060. The van der Waals surface area contributed by atoms with E-state index in [1.54, 1.807) is 18.2 Å². The summed E-state index contributed by atoms with van der Waals surface area (Å²) >= 11 is 0. The van der Waals surface area contributed by atoms with Gasteiger partial charge < -0.3 is 16.4 Å². The van der Waals surface area contributed by atoms with Gasteiger partial charge in [-0.1, -0.05) is 24.3 Å². The van der Waals surface area contributed by atoms with Crippen LogP contribution in [0, 0.1) is 5.92 Å². The summed E-state index contributed by atoms with van der Waals surface area (Å²) in [7, 11) is 0. The molecule has 2 aromatic carbocycles. The van der Waals surface area contributed by atoms with Crippen molar-refractivity contribution < 1.29 is 18.0 Å². The van der Waals surface area contributed by atoms with Crippen LogP contribution in [0.3, 0.4) is 0 Å². The number of alkyl halides is 3.